The predicted molar refractivity (Wildman–Crippen MR) is 177 cm³/mol. The van der Waals surface area contributed by atoms with Crippen LogP contribution in [0.2, 0.25) is 0 Å². The van der Waals surface area contributed by atoms with Gasteiger partial charge in [0.2, 0.25) is 0 Å². The summed E-state index contributed by atoms with van der Waals surface area (Å²) in [7, 11) is -9.03. The van der Waals surface area contributed by atoms with Crippen LogP contribution in [-0.2, 0) is 13.7 Å². The Balaban J connectivity index is 1.74. The maximum absolute atomic E-state index is 15.3. The molecule has 2 aromatic heterocycles. The molecule has 0 N–H and O–H groups in total. The Morgan fingerprint density at radius 2 is 0.980 bits per heavy atom. The van der Waals surface area contributed by atoms with E-state index in [0.29, 0.717) is 10.4 Å². The average molecular weight is 801 g/mol. The molecule has 18 heteroatoms. The molecule has 0 saturated heterocycles. The molecule has 0 aliphatic rings. The summed E-state index contributed by atoms with van der Waals surface area (Å²) < 4.78 is 169. The van der Waals surface area contributed by atoms with Gasteiger partial charge in [-0.25, -0.2) is 3.63 Å². The molecule has 0 radical (unpaired) electrons. The lowest BCUT2D eigenvalue weighted by atomic mass is 10.1. The van der Waals surface area contributed by atoms with Gasteiger partial charge < -0.3 is 9.47 Å². The summed E-state index contributed by atoms with van der Waals surface area (Å²) in [5.74, 6) is -14.6. The molecule has 0 spiro atoms. The highest BCUT2D eigenvalue weighted by Crippen LogP contribution is 2.73. The second-order valence-corrected chi connectivity index (χ2v) is 17.8. The molecule has 0 fully saturated rings. The first-order valence-electron chi connectivity index (χ1n) is 14.3. The minimum atomic E-state index is -7.51. The number of benzene rings is 3. The number of alkyl halides is 9. The molecule has 2 heterocycles. The maximum Gasteiger partial charge on any atom is 0.460 e. The second kappa shape index (κ2) is 13.7. The SMILES string of the molecule is COc1ccc(S(OS(=O)(=O)C(F)(F)C(F)(F)C(F)(F)C(F)(F)F)(c2ccc(OC)cc2)c2ccc(-c3ccc(-c4ccc(C)s4)cc3)s2)cc1. The van der Waals surface area contributed by atoms with E-state index in [-0.39, 0.29) is 25.5 Å². The van der Waals surface area contributed by atoms with Crippen LogP contribution >= 0.6 is 33.0 Å². The minimum Gasteiger partial charge on any atom is -0.497 e. The third-order valence-electron chi connectivity index (χ3n) is 7.46. The van der Waals surface area contributed by atoms with E-state index in [1.165, 1.54) is 74.9 Å². The normalized spacial score (nSPS) is 13.6. The van der Waals surface area contributed by atoms with Gasteiger partial charge in [-0.2, -0.15) is 47.9 Å². The Kier molecular flexibility index (Phi) is 10.3. The lowest BCUT2D eigenvalue weighted by molar-refractivity contribution is -0.382. The molecule has 274 valence electrons. The molecule has 51 heavy (non-hydrogen) atoms. The summed E-state index contributed by atoms with van der Waals surface area (Å²) in [5.41, 5.74) is 1.43. The van der Waals surface area contributed by atoms with Crippen LogP contribution in [0, 0.1) is 6.92 Å². The molecule has 3 aromatic carbocycles. The van der Waals surface area contributed by atoms with Crippen LogP contribution in [0.1, 0.15) is 4.88 Å². The number of rotatable bonds is 12. The van der Waals surface area contributed by atoms with E-state index in [9.17, 15) is 39.2 Å². The Bertz CT molecular complexity index is 2040. The van der Waals surface area contributed by atoms with Crippen molar-refractivity contribution in [3.63, 3.8) is 0 Å². The van der Waals surface area contributed by atoms with Crippen molar-refractivity contribution in [3.05, 3.63) is 102 Å². The first kappa shape index (κ1) is 38.5. The highest BCUT2D eigenvalue weighted by Gasteiger charge is 2.86. The number of hydrogen-bond donors (Lipinski definition) is 0. The molecule has 0 unspecified atom stereocenters. The zero-order chi connectivity index (χ0) is 37.6. The van der Waals surface area contributed by atoms with Crippen LogP contribution < -0.4 is 9.47 Å². The van der Waals surface area contributed by atoms with Gasteiger partial charge in [0.05, 0.1) is 18.4 Å². The highest BCUT2D eigenvalue weighted by atomic mass is 32.3. The van der Waals surface area contributed by atoms with Gasteiger partial charge in [-0.3, -0.25) is 0 Å². The topological polar surface area (TPSA) is 61.8 Å². The van der Waals surface area contributed by atoms with Crippen LogP contribution in [0.15, 0.2) is 111 Å². The summed E-state index contributed by atoms with van der Waals surface area (Å²) in [6, 6.07) is 23.4. The molecule has 5 rings (SSSR count). The van der Waals surface area contributed by atoms with Gasteiger partial charge in [-0.15, -0.1) is 22.7 Å². The lowest BCUT2D eigenvalue weighted by Gasteiger charge is -2.40. The zero-order valence-corrected chi connectivity index (χ0v) is 29.6. The molecule has 0 bridgehead atoms. The van der Waals surface area contributed by atoms with Crippen molar-refractivity contribution in [1.82, 2.24) is 0 Å². The lowest BCUT2D eigenvalue weighted by Crippen LogP contribution is -2.63. The molecule has 5 aromatic rings. The fourth-order valence-electron chi connectivity index (χ4n) is 4.73. The van der Waals surface area contributed by atoms with Crippen LogP contribution in [0.4, 0.5) is 39.5 Å². The molecular formula is C33H25F9O5S4. The van der Waals surface area contributed by atoms with E-state index in [4.69, 9.17) is 13.1 Å². The molecule has 0 atom stereocenters. The van der Waals surface area contributed by atoms with E-state index < -0.39 is 43.7 Å². The summed E-state index contributed by atoms with van der Waals surface area (Å²) in [6.45, 7) is 1.94. The maximum atomic E-state index is 15.3. The van der Waals surface area contributed by atoms with Crippen molar-refractivity contribution in [1.29, 1.82) is 0 Å². The Hall–Kier alpha value is -3.71. The van der Waals surface area contributed by atoms with E-state index in [0.717, 1.165) is 26.7 Å². The average Bonchev–Trinajstić information content (AvgIpc) is 3.77. The second-order valence-electron chi connectivity index (χ2n) is 10.7. The van der Waals surface area contributed by atoms with Crippen molar-refractivity contribution in [3.8, 4) is 32.4 Å². The van der Waals surface area contributed by atoms with Crippen molar-refractivity contribution in [2.45, 2.75) is 44.2 Å². The largest absolute Gasteiger partial charge is 0.497 e. The molecule has 0 aliphatic carbocycles. The molecule has 0 amide bonds. The molecular weight excluding hydrogens is 776 g/mol. The third-order valence-corrected chi connectivity index (χ3v) is 15.4. The van der Waals surface area contributed by atoms with Gasteiger partial charge in [-0.05, 0) is 101 Å². The summed E-state index contributed by atoms with van der Waals surface area (Å²) >= 11 is 2.36. The zero-order valence-electron chi connectivity index (χ0n) is 26.3. The van der Waals surface area contributed by atoms with Crippen LogP contribution in [0.5, 0.6) is 11.5 Å². The number of methoxy groups -OCH3 is 2. The van der Waals surface area contributed by atoms with E-state index in [2.05, 4.69) is 0 Å². The van der Waals surface area contributed by atoms with Crippen molar-refractivity contribution in [2.24, 2.45) is 0 Å². The quantitative estimate of drug-likeness (QED) is 0.118. The van der Waals surface area contributed by atoms with E-state index in [1.54, 1.807) is 35.6 Å². The van der Waals surface area contributed by atoms with Gasteiger partial charge in [0.15, 0.2) is 0 Å². The first-order valence-corrected chi connectivity index (χ1v) is 18.9. The van der Waals surface area contributed by atoms with Crippen LogP contribution in [0.3, 0.4) is 0 Å². The number of aryl methyl sites for hydroxylation is 1. The van der Waals surface area contributed by atoms with Crippen LogP contribution in [0.25, 0.3) is 20.9 Å². The number of hydrogen-bond acceptors (Lipinski definition) is 7. The predicted octanol–water partition coefficient (Wildman–Crippen LogP) is 11.4. The molecule has 5 nitrogen and oxygen atoms in total. The van der Waals surface area contributed by atoms with Gasteiger partial charge in [0, 0.05) is 24.4 Å². The number of halogens is 9. The van der Waals surface area contributed by atoms with Crippen molar-refractivity contribution < 1.29 is 61.0 Å². The van der Waals surface area contributed by atoms with Gasteiger partial charge >= 0.3 is 33.4 Å². The van der Waals surface area contributed by atoms with E-state index in [1.807, 2.05) is 19.1 Å². The van der Waals surface area contributed by atoms with Gasteiger partial charge in [-0.1, -0.05) is 24.3 Å². The Morgan fingerprint density at radius 1 is 0.549 bits per heavy atom. The smallest absolute Gasteiger partial charge is 0.460 e. The van der Waals surface area contributed by atoms with Gasteiger partial charge in [0.25, 0.3) is 0 Å². The van der Waals surface area contributed by atoms with Crippen LogP contribution in [-0.4, -0.2) is 45.9 Å². The Labute approximate surface area is 295 Å². The van der Waals surface area contributed by atoms with Crippen molar-refractivity contribution in [2.75, 3.05) is 14.2 Å². The Morgan fingerprint density at radius 3 is 1.37 bits per heavy atom. The monoisotopic (exact) mass is 800 g/mol. The minimum absolute atomic E-state index is 0.170. The summed E-state index contributed by atoms with van der Waals surface area (Å²) in [6.07, 6.45) is -7.26. The number of ether oxygens (including phenoxy) is 2. The summed E-state index contributed by atoms with van der Waals surface area (Å²) in [5, 5.41) is -7.10. The number of thiophene rings is 2. The fourth-order valence-corrected chi connectivity index (χ4v) is 12.7. The third kappa shape index (κ3) is 6.71. The fraction of sp³-hybridized carbons (Fsp3) is 0.212. The highest BCUT2D eigenvalue weighted by molar-refractivity contribution is 8.34. The first-order chi connectivity index (χ1) is 23.7. The van der Waals surface area contributed by atoms with Gasteiger partial charge in [0.1, 0.15) is 11.5 Å². The van der Waals surface area contributed by atoms with E-state index >= 15 is 8.78 Å². The summed E-state index contributed by atoms with van der Waals surface area (Å²) in [4.78, 5) is 1.99. The standard InChI is InChI=1S/C33H25F9O5S4/c1-20-4-17-27(48-20)21-5-7-22(8-6-21)28-18-19-29(49-28)50(25-13-9-23(45-2)10-14-25,26-15-11-24(46-3)12-16-26)47-51(43,44)33(41,42)31(36,37)30(34,35)32(38,39)40/h4-19H,1-3H3. The molecule has 0 saturated carbocycles. The molecule has 0 aliphatic heterocycles. The van der Waals surface area contributed by atoms with Crippen molar-refractivity contribution >= 4 is 43.1 Å².